The number of likely N-dealkylation sites (tertiary alicyclic amines) is 1. The number of amides is 2. The summed E-state index contributed by atoms with van der Waals surface area (Å²) in [5.41, 5.74) is 2.03. The average Bonchev–Trinajstić information content (AvgIpc) is 3.23. The number of rotatable bonds is 4. The maximum atomic E-state index is 12.8. The third-order valence-corrected chi connectivity index (χ3v) is 6.78. The molecule has 2 aromatic carbocycles. The van der Waals surface area contributed by atoms with Crippen molar-refractivity contribution in [2.75, 3.05) is 23.1 Å². The first-order valence-electron chi connectivity index (χ1n) is 9.38. The zero-order valence-electron chi connectivity index (χ0n) is 15.6. The molecule has 2 aliphatic rings. The number of anilines is 2. The fourth-order valence-corrected chi connectivity index (χ4v) is 5.06. The van der Waals surface area contributed by atoms with Gasteiger partial charge in [0.05, 0.1) is 15.6 Å². The van der Waals surface area contributed by atoms with Gasteiger partial charge in [-0.2, -0.15) is 0 Å². The number of carbonyl (C=O) groups is 2. The minimum absolute atomic E-state index is 0.0228. The van der Waals surface area contributed by atoms with E-state index in [1.54, 1.807) is 29.2 Å². The SMILES string of the molecule is O=C1CCc2cc(S(=O)(=O)Nc3ccc(C(=O)N4CCCC4)cc3)cc(Cl)c2N1. The first-order valence-corrected chi connectivity index (χ1v) is 11.2. The normalized spacial score (nSPS) is 16.3. The highest BCUT2D eigenvalue weighted by molar-refractivity contribution is 7.92. The van der Waals surface area contributed by atoms with Gasteiger partial charge < -0.3 is 10.2 Å². The molecular formula is C20H20ClN3O4S. The van der Waals surface area contributed by atoms with Gasteiger partial charge in [0.15, 0.2) is 0 Å². The molecule has 2 amide bonds. The van der Waals surface area contributed by atoms with Crippen molar-refractivity contribution in [2.45, 2.75) is 30.6 Å². The Morgan fingerprint density at radius 2 is 1.76 bits per heavy atom. The monoisotopic (exact) mass is 433 g/mol. The van der Waals surface area contributed by atoms with Gasteiger partial charge in [0.1, 0.15) is 0 Å². The molecule has 0 aromatic heterocycles. The summed E-state index contributed by atoms with van der Waals surface area (Å²) in [6.45, 7) is 1.51. The summed E-state index contributed by atoms with van der Waals surface area (Å²) in [6, 6.07) is 9.22. The Balaban J connectivity index is 1.54. The topological polar surface area (TPSA) is 95.6 Å². The number of nitrogens with zero attached hydrogens (tertiary/aromatic N) is 1. The molecule has 0 aliphatic carbocycles. The number of benzene rings is 2. The van der Waals surface area contributed by atoms with Gasteiger partial charge in [-0.25, -0.2) is 8.42 Å². The van der Waals surface area contributed by atoms with E-state index in [9.17, 15) is 18.0 Å². The Kier molecular flexibility index (Phi) is 5.23. The molecule has 0 unspecified atom stereocenters. The number of hydrogen-bond donors (Lipinski definition) is 2. The molecule has 152 valence electrons. The highest BCUT2D eigenvalue weighted by Gasteiger charge is 2.23. The number of aryl methyl sites for hydroxylation is 1. The predicted molar refractivity (Wildman–Crippen MR) is 111 cm³/mol. The van der Waals surface area contributed by atoms with E-state index in [1.165, 1.54) is 12.1 Å². The molecule has 0 saturated carbocycles. The largest absolute Gasteiger partial charge is 0.339 e. The van der Waals surface area contributed by atoms with Crippen LogP contribution in [0, 0.1) is 0 Å². The quantitative estimate of drug-likeness (QED) is 0.773. The van der Waals surface area contributed by atoms with Crippen LogP contribution in [-0.4, -0.2) is 38.2 Å². The first kappa shape index (κ1) is 19.7. The van der Waals surface area contributed by atoms with Gasteiger partial charge in [-0.1, -0.05) is 11.6 Å². The van der Waals surface area contributed by atoms with Crippen LogP contribution in [0.15, 0.2) is 41.3 Å². The van der Waals surface area contributed by atoms with Gasteiger partial charge in [0.25, 0.3) is 15.9 Å². The van der Waals surface area contributed by atoms with Crippen molar-refractivity contribution >= 4 is 44.8 Å². The highest BCUT2D eigenvalue weighted by atomic mass is 35.5. The summed E-state index contributed by atoms with van der Waals surface area (Å²) < 4.78 is 28.1. The molecular weight excluding hydrogens is 414 g/mol. The smallest absolute Gasteiger partial charge is 0.261 e. The summed E-state index contributed by atoms with van der Waals surface area (Å²) in [7, 11) is -3.87. The summed E-state index contributed by atoms with van der Waals surface area (Å²) in [4.78, 5) is 25.8. The van der Waals surface area contributed by atoms with E-state index in [1.807, 2.05) is 0 Å². The van der Waals surface area contributed by atoms with Crippen molar-refractivity contribution in [3.8, 4) is 0 Å². The van der Waals surface area contributed by atoms with Crippen LogP contribution in [0.1, 0.15) is 35.2 Å². The minimum atomic E-state index is -3.87. The van der Waals surface area contributed by atoms with E-state index in [-0.39, 0.29) is 28.2 Å². The Hall–Kier alpha value is -2.58. The van der Waals surface area contributed by atoms with Crippen LogP contribution in [0.5, 0.6) is 0 Å². The van der Waals surface area contributed by atoms with Gasteiger partial charge in [0.2, 0.25) is 5.91 Å². The van der Waals surface area contributed by atoms with Gasteiger partial charge in [0, 0.05) is 30.8 Å². The highest BCUT2D eigenvalue weighted by Crippen LogP contribution is 2.33. The molecule has 0 bridgehead atoms. The molecule has 2 heterocycles. The second kappa shape index (κ2) is 7.68. The number of halogens is 1. The van der Waals surface area contributed by atoms with Crippen LogP contribution in [0.2, 0.25) is 5.02 Å². The van der Waals surface area contributed by atoms with Crippen LogP contribution < -0.4 is 10.0 Å². The maximum Gasteiger partial charge on any atom is 0.261 e. The lowest BCUT2D eigenvalue weighted by Gasteiger charge is -2.19. The van der Waals surface area contributed by atoms with Gasteiger partial charge >= 0.3 is 0 Å². The van der Waals surface area contributed by atoms with Crippen LogP contribution in [0.25, 0.3) is 0 Å². The Morgan fingerprint density at radius 1 is 1.07 bits per heavy atom. The molecule has 29 heavy (non-hydrogen) atoms. The predicted octanol–water partition coefficient (Wildman–Crippen LogP) is 3.26. The lowest BCUT2D eigenvalue weighted by atomic mass is 10.0. The van der Waals surface area contributed by atoms with E-state index < -0.39 is 10.0 Å². The molecule has 2 N–H and O–H groups in total. The van der Waals surface area contributed by atoms with Crippen molar-refractivity contribution in [2.24, 2.45) is 0 Å². The van der Waals surface area contributed by atoms with Crippen LogP contribution in [0.3, 0.4) is 0 Å². The van der Waals surface area contributed by atoms with Crippen LogP contribution >= 0.6 is 11.6 Å². The van der Waals surface area contributed by atoms with Crippen molar-refractivity contribution < 1.29 is 18.0 Å². The molecule has 9 heteroatoms. The maximum absolute atomic E-state index is 12.8. The molecule has 1 saturated heterocycles. The number of sulfonamides is 1. The zero-order chi connectivity index (χ0) is 20.6. The molecule has 2 aromatic rings. The number of fused-ring (bicyclic) bond motifs is 1. The van der Waals surface area contributed by atoms with Crippen molar-refractivity contribution in [1.82, 2.24) is 4.90 Å². The molecule has 4 rings (SSSR count). The van der Waals surface area contributed by atoms with Crippen LogP contribution in [0.4, 0.5) is 11.4 Å². The van der Waals surface area contributed by atoms with Gasteiger partial charge in [-0.05, 0) is 61.2 Å². The third kappa shape index (κ3) is 4.09. The fraction of sp³-hybridized carbons (Fsp3) is 0.300. The Morgan fingerprint density at radius 3 is 2.45 bits per heavy atom. The second-order valence-corrected chi connectivity index (χ2v) is 9.26. The van der Waals surface area contributed by atoms with E-state index in [4.69, 9.17) is 11.6 Å². The molecule has 2 aliphatic heterocycles. The third-order valence-electron chi connectivity index (χ3n) is 5.12. The lowest BCUT2D eigenvalue weighted by Crippen LogP contribution is -2.27. The number of nitrogens with one attached hydrogen (secondary N) is 2. The number of hydrogen-bond acceptors (Lipinski definition) is 4. The molecule has 0 radical (unpaired) electrons. The van der Waals surface area contributed by atoms with E-state index in [0.29, 0.717) is 28.9 Å². The molecule has 0 spiro atoms. The lowest BCUT2D eigenvalue weighted by molar-refractivity contribution is -0.116. The fourth-order valence-electron chi connectivity index (χ4n) is 3.58. The average molecular weight is 434 g/mol. The molecule has 0 atom stereocenters. The van der Waals surface area contributed by atoms with Gasteiger partial charge in [-0.15, -0.1) is 0 Å². The second-order valence-electron chi connectivity index (χ2n) is 7.17. The summed E-state index contributed by atoms with van der Waals surface area (Å²) in [5, 5.41) is 2.86. The van der Waals surface area contributed by atoms with E-state index >= 15 is 0 Å². The molecule has 1 fully saturated rings. The van der Waals surface area contributed by atoms with Crippen LogP contribution in [-0.2, 0) is 21.2 Å². The van der Waals surface area contributed by atoms with Gasteiger partial charge in [-0.3, -0.25) is 14.3 Å². The summed E-state index contributed by atoms with van der Waals surface area (Å²) >= 11 is 6.19. The van der Waals surface area contributed by atoms with E-state index in [2.05, 4.69) is 10.0 Å². The Labute approximate surface area is 174 Å². The van der Waals surface area contributed by atoms with Crippen molar-refractivity contribution in [3.63, 3.8) is 0 Å². The number of carbonyl (C=O) groups excluding carboxylic acids is 2. The summed E-state index contributed by atoms with van der Waals surface area (Å²) in [6.07, 6.45) is 2.73. The van der Waals surface area contributed by atoms with Crippen molar-refractivity contribution in [1.29, 1.82) is 0 Å². The zero-order valence-corrected chi connectivity index (χ0v) is 17.1. The van der Waals surface area contributed by atoms with Crippen molar-refractivity contribution in [3.05, 3.63) is 52.5 Å². The minimum Gasteiger partial charge on any atom is -0.339 e. The molecule has 7 nitrogen and oxygen atoms in total. The standard InChI is InChI=1S/C20H20ClN3O4S/c21-17-12-16(11-14-5-8-18(25)22-19(14)17)29(27,28)23-15-6-3-13(4-7-15)20(26)24-9-1-2-10-24/h3-4,6-7,11-12,23H,1-2,5,8-10H2,(H,22,25). The Bertz CT molecular complexity index is 1080. The first-order chi connectivity index (χ1) is 13.8. The van der Waals surface area contributed by atoms with E-state index in [0.717, 1.165) is 25.9 Å². The summed E-state index contributed by atoms with van der Waals surface area (Å²) in [5.74, 6) is -0.183.